The van der Waals surface area contributed by atoms with Crippen LogP contribution in [0, 0.1) is 0 Å². The summed E-state index contributed by atoms with van der Waals surface area (Å²) in [5.41, 5.74) is 0. The largest absolute Gasteiger partial charge is 0.394 e. The summed E-state index contributed by atoms with van der Waals surface area (Å²) in [6, 6.07) is -1.01. The monoisotopic (exact) mass is 1330 g/mol. The highest BCUT2D eigenvalue weighted by Gasteiger charge is 2.53. The average molecular weight is 1330 g/mol. The van der Waals surface area contributed by atoms with Crippen LogP contribution in [0.5, 0.6) is 0 Å². The van der Waals surface area contributed by atoms with Crippen LogP contribution in [0.15, 0.2) is 134 Å². The molecule has 17 atom stereocenters. The topological polar surface area (TPSA) is 307 Å². The number of carbonyl (C=O) groups excluding carboxylic acids is 1. The van der Waals surface area contributed by atoms with Gasteiger partial charge in [-0.2, -0.15) is 0 Å². The lowest BCUT2D eigenvalue weighted by Crippen LogP contribution is -2.66. The molecule has 0 aliphatic carbocycles. The molecule has 0 aromatic carbocycles. The van der Waals surface area contributed by atoms with Gasteiger partial charge in [-0.3, -0.25) is 4.79 Å². The predicted octanol–water partition coefficient (Wildman–Crippen LogP) is 9.77. The van der Waals surface area contributed by atoms with Gasteiger partial charge in [0.1, 0.15) is 73.2 Å². The second-order valence-electron chi connectivity index (χ2n) is 24.6. The van der Waals surface area contributed by atoms with Crippen molar-refractivity contribution in [2.45, 2.75) is 304 Å². The number of aliphatic hydroxyl groups excluding tert-OH is 11. The second-order valence-corrected chi connectivity index (χ2v) is 24.6. The molecule has 0 bridgehead atoms. The van der Waals surface area contributed by atoms with Gasteiger partial charge >= 0.3 is 0 Å². The number of ether oxygens (including phenoxy) is 6. The SMILES string of the molecule is CC/C=C\C/C=C\C/C=C\C/C=C\C/C=C\C/C=C\C/C=C\C/C=C\CCCCCCCCCCCCC(=O)NC(COC1OC(CO)C(OC2OC(CO)C(OC3OC(CO)C(O)C(O)C3O)C(O)C2O)C(O)C1O)C(O)/C=C/CC/C=C/CC/C=C/CCCCCC. The van der Waals surface area contributed by atoms with Crippen LogP contribution in [0.3, 0.4) is 0 Å². The van der Waals surface area contributed by atoms with Crippen molar-refractivity contribution in [3.8, 4) is 0 Å². The number of allylic oxidation sites excluding steroid dienone is 21. The van der Waals surface area contributed by atoms with Crippen LogP contribution < -0.4 is 5.32 Å². The maximum absolute atomic E-state index is 13.4. The predicted molar refractivity (Wildman–Crippen MR) is 369 cm³/mol. The maximum Gasteiger partial charge on any atom is 0.220 e. The van der Waals surface area contributed by atoms with Crippen LogP contribution in [0.2, 0.25) is 0 Å². The quantitative estimate of drug-likeness (QED) is 0.0199. The Balaban J connectivity index is 1.38. The Morgan fingerprint density at radius 2 is 0.745 bits per heavy atom. The molecule has 0 radical (unpaired) electrons. The Labute approximate surface area is 562 Å². The van der Waals surface area contributed by atoms with Crippen LogP contribution >= 0.6 is 0 Å². The third kappa shape index (κ3) is 36.0. The summed E-state index contributed by atoms with van der Waals surface area (Å²) < 4.78 is 34.3. The lowest BCUT2D eigenvalue weighted by Gasteiger charge is -2.48. The van der Waals surface area contributed by atoms with E-state index in [0.717, 1.165) is 109 Å². The van der Waals surface area contributed by atoms with Crippen molar-refractivity contribution in [1.82, 2.24) is 5.32 Å². The molecule has 536 valence electrons. The molecule has 3 aliphatic rings. The van der Waals surface area contributed by atoms with Crippen LogP contribution in [-0.4, -0.2) is 193 Å². The number of carbonyl (C=O) groups is 1. The van der Waals surface area contributed by atoms with Gasteiger partial charge in [0.2, 0.25) is 5.91 Å². The molecule has 0 saturated carbocycles. The zero-order valence-electron chi connectivity index (χ0n) is 56.6. The number of nitrogens with one attached hydrogen (secondary N) is 1. The first kappa shape index (κ1) is 84.2. The van der Waals surface area contributed by atoms with Crippen molar-refractivity contribution < 1.29 is 89.4 Å². The molecule has 3 rings (SSSR count). The summed E-state index contributed by atoms with van der Waals surface area (Å²) >= 11 is 0. The first-order valence-electron chi connectivity index (χ1n) is 35.4. The number of amides is 1. The van der Waals surface area contributed by atoms with Crippen LogP contribution in [0.4, 0.5) is 0 Å². The van der Waals surface area contributed by atoms with E-state index in [0.29, 0.717) is 12.8 Å². The normalized spacial score (nSPS) is 28.2. The number of rotatable bonds is 52. The van der Waals surface area contributed by atoms with Crippen LogP contribution in [0.25, 0.3) is 0 Å². The van der Waals surface area contributed by atoms with Crippen molar-refractivity contribution in [1.29, 1.82) is 0 Å². The van der Waals surface area contributed by atoms with Crippen molar-refractivity contribution in [3.05, 3.63) is 134 Å². The number of unbranched alkanes of at least 4 members (excludes halogenated alkanes) is 16. The standard InChI is InChI=1S/C75H123NO18/c1-3-5-7-9-11-13-15-17-19-20-21-22-23-24-25-26-27-28-29-30-31-32-33-34-35-36-37-38-39-41-43-45-47-49-51-53-63(81)76-58(59(80)52-50-48-46-44-42-40-18-16-14-12-10-8-6-4-2)57-89-73-69(87)66(84)71(61(55-78)91-73)94-75-70(88)67(85)72(62(56-79)92-75)93-74-68(86)65(83)64(82)60(54-77)90-74/h5,7,11,13-14,16-17,19,21-22,24-25,27-28,30-31,33-34,42,44,50,52,58-62,64-75,77-80,82-88H,3-4,6,8-10,12,15,18,20,23,26,29,32,35-41,43,45-49,51,53-57H2,1-2H3,(H,76,81)/b7-5-,13-11-,16-14+,19-17-,22-21-,25-24-,28-27-,31-30-,34-33-,44-42+,52-50+. The Kier molecular flexibility index (Phi) is 49.1. The van der Waals surface area contributed by atoms with E-state index in [1.165, 1.54) is 57.8 Å². The summed E-state index contributed by atoms with van der Waals surface area (Å²) in [6.07, 6.45) is 50.1. The van der Waals surface area contributed by atoms with Gasteiger partial charge in [0.15, 0.2) is 18.9 Å². The lowest BCUT2D eigenvalue weighted by molar-refractivity contribution is -0.379. The highest BCUT2D eigenvalue weighted by Crippen LogP contribution is 2.33. The Morgan fingerprint density at radius 3 is 1.19 bits per heavy atom. The van der Waals surface area contributed by atoms with Gasteiger partial charge in [0.05, 0.1) is 38.6 Å². The molecular weight excluding hydrogens is 1200 g/mol. The fourth-order valence-corrected chi connectivity index (χ4v) is 10.9. The maximum atomic E-state index is 13.4. The molecule has 17 unspecified atom stereocenters. The van der Waals surface area contributed by atoms with Gasteiger partial charge in [0.25, 0.3) is 0 Å². The molecule has 94 heavy (non-hydrogen) atoms. The van der Waals surface area contributed by atoms with Gasteiger partial charge in [-0.25, -0.2) is 0 Å². The Bertz CT molecular complexity index is 2220. The third-order valence-corrected chi connectivity index (χ3v) is 16.7. The molecule has 0 aromatic rings. The van der Waals surface area contributed by atoms with Crippen molar-refractivity contribution in [3.63, 3.8) is 0 Å². The molecular formula is C75H123NO18. The summed E-state index contributed by atoms with van der Waals surface area (Å²) in [7, 11) is 0. The molecule has 12 N–H and O–H groups in total. The number of hydrogen-bond acceptors (Lipinski definition) is 18. The fourth-order valence-electron chi connectivity index (χ4n) is 10.9. The van der Waals surface area contributed by atoms with Gasteiger partial charge < -0.3 is 89.9 Å². The Morgan fingerprint density at radius 1 is 0.394 bits per heavy atom. The van der Waals surface area contributed by atoms with Crippen LogP contribution in [0.1, 0.15) is 200 Å². The van der Waals surface area contributed by atoms with Crippen LogP contribution in [-0.2, 0) is 33.2 Å². The van der Waals surface area contributed by atoms with Crippen molar-refractivity contribution in [2.24, 2.45) is 0 Å². The minimum Gasteiger partial charge on any atom is -0.394 e. The molecule has 0 spiro atoms. The summed E-state index contributed by atoms with van der Waals surface area (Å²) in [5.74, 6) is -0.302. The molecule has 1 amide bonds. The second kappa shape index (κ2) is 54.9. The number of hydrogen-bond donors (Lipinski definition) is 12. The zero-order chi connectivity index (χ0) is 68.2. The fraction of sp³-hybridized carbons (Fsp3) is 0.693. The van der Waals surface area contributed by atoms with Gasteiger partial charge in [-0.05, 0) is 109 Å². The third-order valence-electron chi connectivity index (χ3n) is 16.7. The lowest BCUT2D eigenvalue weighted by atomic mass is 9.96. The van der Waals surface area contributed by atoms with E-state index in [-0.39, 0.29) is 18.9 Å². The summed E-state index contributed by atoms with van der Waals surface area (Å²) in [4.78, 5) is 13.4. The highest BCUT2D eigenvalue weighted by atomic mass is 16.8. The van der Waals surface area contributed by atoms with Crippen molar-refractivity contribution in [2.75, 3.05) is 26.4 Å². The van der Waals surface area contributed by atoms with Crippen molar-refractivity contribution >= 4 is 5.91 Å². The van der Waals surface area contributed by atoms with Gasteiger partial charge in [0, 0.05) is 6.42 Å². The molecule has 3 heterocycles. The average Bonchev–Trinajstić information content (AvgIpc) is 0.792. The van der Waals surface area contributed by atoms with E-state index < -0.39 is 124 Å². The minimum absolute atomic E-state index is 0.218. The molecule has 0 aromatic heterocycles. The summed E-state index contributed by atoms with van der Waals surface area (Å²) in [5, 5.41) is 120. The smallest absolute Gasteiger partial charge is 0.220 e. The molecule has 3 saturated heterocycles. The zero-order valence-corrected chi connectivity index (χ0v) is 56.6. The first-order chi connectivity index (χ1) is 45.8. The molecule has 19 nitrogen and oxygen atoms in total. The molecule has 19 heteroatoms. The number of aliphatic hydroxyl groups is 11. The van der Waals surface area contributed by atoms with E-state index in [9.17, 15) is 61.0 Å². The first-order valence-corrected chi connectivity index (χ1v) is 35.4. The molecule has 3 aliphatic heterocycles. The van der Waals surface area contributed by atoms with E-state index in [2.05, 4.69) is 141 Å². The van der Waals surface area contributed by atoms with E-state index in [1.807, 2.05) is 6.08 Å². The van der Waals surface area contributed by atoms with E-state index >= 15 is 0 Å². The summed E-state index contributed by atoms with van der Waals surface area (Å²) in [6.45, 7) is 1.53. The van der Waals surface area contributed by atoms with Gasteiger partial charge in [-0.1, -0.05) is 218 Å². The molecule has 3 fully saturated rings. The van der Waals surface area contributed by atoms with Gasteiger partial charge in [-0.15, -0.1) is 0 Å². The van der Waals surface area contributed by atoms with E-state index in [4.69, 9.17) is 28.4 Å². The highest BCUT2D eigenvalue weighted by molar-refractivity contribution is 5.76. The Hall–Kier alpha value is -4.07. The minimum atomic E-state index is -1.99. The van der Waals surface area contributed by atoms with E-state index in [1.54, 1.807) is 6.08 Å².